The molecule has 3 N–H and O–H groups in total. The molecule has 0 saturated carbocycles. The summed E-state index contributed by atoms with van der Waals surface area (Å²) in [5.41, 5.74) is 0.125. The van der Waals surface area contributed by atoms with Crippen molar-refractivity contribution < 1.29 is 32.2 Å². The first kappa shape index (κ1) is 33.8. The number of nitrogens with one attached hydrogen (secondary N) is 3. The monoisotopic (exact) mass is 677 g/mol. The molecule has 47 heavy (non-hydrogen) atoms. The van der Waals surface area contributed by atoms with E-state index in [4.69, 9.17) is 21.1 Å². The van der Waals surface area contributed by atoms with Gasteiger partial charge in [0.2, 0.25) is 0 Å². The molecule has 9 nitrogen and oxygen atoms in total. The summed E-state index contributed by atoms with van der Waals surface area (Å²) < 4.78 is 54.1. The molecule has 2 aromatic carbocycles. The lowest BCUT2D eigenvalue weighted by Crippen LogP contribution is -2.50. The van der Waals surface area contributed by atoms with Crippen molar-refractivity contribution in [1.82, 2.24) is 15.1 Å². The zero-order valence-electron chi connectivity index (χ0n) is 26.6. The Kier molecular flexibility index (Phi) is 10.2. The van der Waals surface area contributed by atoms with Gasteiger partial charge in [-0.3, -0.25) is 15.0 Å². The first-order chi connectivity index (χ1) is 22.6. The number of hydrogen-bond acceptors (Lipinski definition) is 7. The van der Waals surface area contributed by atoms with Crippen molar-refractivity contribution in [3.05, 3.63) is 58.1 Å². The Balaban J connectivity index is 1.16. The van der Waals surface area contributed by atoms with E-state index in [1.165, 1.54) is 13.1 Å². The topological polar surface area (TPSA) is 95.2 Å². The number of carbonyl (C=O) groups excluding carboxylic acids is 2. The number of nitrogens with zero attached hydrogens (tertiary/aromatic N) is 2. The summed E-state index contributed by atoms with van der Waals surface area (Å²) in [5, 5.41) is 8.67. The average molecular weight is 678 g/mol. The summed E-state index contributed by atoms with van der Waals surface area (Å²) in [6, 6.07) is 10.1. The highest BCUT2D eigenvalue weighted by molar-refractivity contribution is 6.33. The molecular weight excluding hydrogens is 635 g/mol. The SMILES string of the molecule is CNc1c(Cl)cc(C[C@@H](OCN2CCC3(CC2)OC(=O)Nc2ccccc23)C(=O)N2CCC(C3CCNCC3)CC2)cc1C(F)(F)F. The van der Waals surface area contributed by atoms with E-state index in [0.29, 0.717) is 50.9 Å². The summed E-state index contributed by atoms with van der Waals surface area (Å²) in [5.74, 6) is 1.01. The van der Waals surface area contributed by atoms with Gasteiger partial charge in [0.05, 0.1) is 22.0 Å². The largest absolute Gasteiger partial charge is 0.438 e. The van der Waals surface area contributed by atoms with Crippen LogP contribution in [0.5, 0.6) is 0 Å². The Hall–Kier alpha value is -3.06. The first-order valence-corrected chi connectivity index (χ1v) is 16.9. The third kappa shape index (κ3) is 7.50. The highest BCUT2D eigenvalue weighted by Gasteiger charge is 2.44. The van der Waals surface area contributed by atoms with Crippen molar-refractivity contribution in [2.45, 2.75) is 62.8 Å². The van der Waals surface area contributed by atoms with Gasteiger partial charge in [0.1, 0.15) is 18.4 Å². The van der Waals surface area contributed by atoms with E-state index < -0.39 is 29.5 Å². The second-order valence-electron chi connectivity index (χ2n) is 13.2. The number of alkyl halides is 3. The van der Waals surface area contributed by atoms with Gasteiger partial charge in [-0.25, -0.2) is 4.79 Å². The molecule has 0 aliphatic carbocycles. The number of likely N-dealkylation sites (tertiary alicyclic amines) is 2. The molecule has 3 fully saturated rings. The normalized spacial score (nSPS) is 21.6. The summed E-state index contributed by atoms with van der Waals surface area (Å²) in [6.45, 7) is 4.46. The molecule has 0 aromatic heterocycles. The molecule has 2 amide bonds. The number of rotatable bonds is 8. The number of ether oxygens (including phenoxy) is 2. The summed E-state index contributed by atoms with van der Waals surface area (Å²) in [7, 11) is 1.39. The van der Waals surface area contributed by atoms with Gasteiger partial charge in [-0.2, -0.15) is 13.2 Å². The van der Waals surface area contributed by atoms with Gasteiger partial charge in [0.25, 0.3) is 5.91 Å². The van der Waals surface area contributed by atoms with Gasteiger partial charge in [-0.05, 0) is 74.4 Å². The summed E-state index contributed by atoms with van der Waals surface area (Å²) in [6.07, 6.45) is -0.953. The molecule has 0 unspecified atom stereocenters. The van der Waals surface area contributed by atoms with Gasteiger partial charge in [-0.15, -0.1) is 0 Å². The van der Waals surface area contributed by atoms with Gasteiger partial charge in [0.15, 0.2) is 0 Å². The lowest BCUT2D eigenvalue weighted by Gasteiger charge is -2.44. The third-order valence-corrected chi connectivity index (χ3v) is 10.7. The van der Waals surface area contributed by atoms with E-state index in [-0.39, 0.29) is 35.3 Å². The molecule has 3 saturated heterocycles. The Morgan fingerprint density at radius 3 is 2.45 bits per heavy atom. The molecular formula is C34H43ClF3N5O4. The fraction of sp³-hybridized carbons (Fsp3) is 0.588. The standard InChI is InChI=1S/C34H43ClF3N5O4/c1-39-30-26(34(36,37)38)18-22(19-27(30)35)20-29(31(44)43-14-8-24(9-15-43)23-6-12-40-13-7-23)46-21-42-16-10-33(11-17-42)25-4-2-3-5-28(25)41-32(45)47-33/h2-5,18-19,23-24,29,39-40H,6-17,20-21H2,1H3,(H,41,45)/t29-/m1/s1. The molecule has 4 heterocycles. The predicted octanol–water partition coefficient (Wildman–Crippen LogP) is 6.08. The van der Waals surface area contributed by atoms with Crippen LogP contribution >= 0.6 is 11.6 Å². The fourth-order valence-corrected chi connectivity index (χ4v) is 8.10. The average Bonchev–Trinajstić information content (AvgIpc) is 3.07. The fourth-order valence-electron chi connectivity index (χ4n) is 7.77. The van der Waals surface area contributed by atoms with Crippen LogP contribution in [0.3, 0.4) is 0 Å². The maximum atomic E-state index is 14.0. The van der Waals surface area contributed by atoms with E-state index in [0.717, 1.165) is 56.1 Å². The molecule has 2 aromatic rings. The van der Waals surface area contributed by atoms with Crippen LogP contribution in [0.4, 0.5) is 29.3 Å². The van der Waals surface area contributed by atoms with Crippen molar-refractivity contribution in [3.8, 4) is 0 Å². The van der Waals surface area contributed by atoms with E-state index in [1.807, 2.05) is 34.1 Å². The highest BCUT2D eigenvalue weighted by Crippen LogP contribution is 2.44. The lowest BCUT2D eigenvalue weighted by atomic mass is 9.79. The first-order valence-electron chi connectivity index (χ1n) is 16.6. The van der Waals surface area contributed by atoms with Crippen molar-refractivity contribution in [1.29, 1.82) is 0 Å². The number of hydrogen-bond donors (Lipinski definition) is 3. The van der Waals surface area contributed by atoms with Crippen LogP contribution in [0.25, 0.3) is 0 Å². The van der Waals surface area contributed by atoms with Crippen LogP contribution in [-0.4, -0.2) is 81.0 Å². The molecule has 1 spiro atoms. The number of piperidine rings is 3. The Morgan fingerprint density at radius 2 is 1.77 bits per heavy atom. The quantitative estimate of drug-likeness (QED) is 0.312. The summed E-state index contributed by atoms with van der Waals surface area (Å²) in [4.78, 5) is 30.2. The van der Waals surface area contributed by atoms with Gasteiger partial charge in [-0.1, -0.05) is 29.8 Å². The number of benzene rings is 2. The maximum absolute atomic E-state index is 14.0. The third-order valence-electron chi connectivity index (χ3n) is 10.4. The minimum absolute atomic E-state index is 0.0473. The van der Waals surface area contributed by atoms with Crippen molar-refractivity contribution in [2.24, 2.45) is 11.8 Å². The van der Waals surface area contributed by atoms with E-state index in [9.17, 15) is 22.8 Å². The van der Waals surface area contributed by atoms with Crippen molar-refractivity contribution in [3.63, 3.8) is 0 Å². The van der Waals surface area contributed by atoms with Crippen molar-refractivity contribution in [2.75, 3.05) is 63.7 Å². The van der Waals surface area contributed by atoms with Crippen LogP contribution < -0.4 is 16.0 Å². The molecule has 4 aliphatic rings. The van der Waals surface area contributed by atoms with Crippen LogP contribution in [0.2, 0.25) is 5.02 Å². The Labute approximate surface area is 278 Å². The molecule has 256 valence electrons. The molecule has 4 aliphatic heterocycles. The molecule has 13 heteroatoms. The van der Waals surface area contributed by atoms with Crippen molar-refractivity contribution >= 4 is 35.0 Å². The maximum Gasteiger partial charge on any atom is 0.418 e. The number of carbonyl (C=O) groups is 2. The number of para-hydroxylation sites is 1. The zero-order valence-corrected chi connectivity index (χ0v) is 27.4. The number of amides is 2. The lowest BCUT2D eigenvalue weighted by molar-refractivity contribution is -0.150. The molecule has 1 atom stereocenters. The van der Waals surface area contributed by atoms with Gasteiger partial charge < -0.3 is 25.0 Å². The van der Waals surface area contributed by atoms with Crippen LogP contribution in [0, 0.1) is 11.8 Å². The zero-order chi connectivity index (χ0) is 33.2. The molecule has 0 bridgehead atoms. The summed E-state index contributed by atoms with van der Waals surface area (Å²) >= 11 is 6.31. The van der Waals surface area contributed by atoms with Crippen LogP contribution in [-0.2, 0) is 32.5 Å². The number of anilines is 2. The minimum Gasteiger partial charge on any atom is -0.438 e. The Bertz CT molecular complexity index is 1440. The number of fused-ring (bicyclic) bond motifs is 2. The van der Waals surface area contributed by atoms with Crippen LogP contribution in [0.1, 0.15) is 55.2 Å². The van der Waals surface area contributed by atoms with E-state index >= 15 is 0 Å². The van der Waals surface area contributed by atoms with Crippen LogP contribution in [0.15, 0.2) is 36.4 Å². The second kappa shape index (κ2) is 14.2. The molecule has 0 radical (unpaired) electrons. The number of halogens is 4. The van der Waals surface area contributed by atoms with E-state index in [1.54, 1.807) is 0 Å². The van der Waals surface area contributed by atoms with E-state index in [2.05, 4.69) is 16.0 Å². The minimum atomic E-state index is -4.63. The van der Waals surface area contributed by atoms with Gasteiger partial charge in [0, 0.05) is 58.1 Å². The second-order valence-corrected chi connectivity index (χ2v) is 13.6. The smallest absolute Gasteiger partial charge is 0.418 e. The predicted molar refractivity (Wildman–Crippen MR) is 173 cm³/mol. The Morgan fingerprint density at radius 1 is 1.09 bits per heavy atom. The highest BCUT2D eigenvalue weighted by atomic mass is 35.5. The molecule has 6 rings (SSSR count). The van der Waals surface area contributed by atoms with Gasteiger partial charge >= 0.3 is 12.3 Å².